The van der Waals surface area contributed by atoms with Crippen LogP contribution in [0.1, 0.15) is 75.5 Å². The second-order valence-corrected chi connectivity index (χ2v) is 11.0. The van der Waals surface area contributed by atoms with Crippen LogP contribution in [0.4, 0.5) is 0 Å². The average molecular weight is 443 g/mol. The minimum atomic E-state index is -0.881. The van der Waals surface area contributed by atoms with Crippen molar-refractivity contribution in [3.8, 4) is 5.75 Å². The average Bonchev–Trinajstić information content (AvgIpc) is 3.06. The molecule has 3 atom stereocenters. The topological polar surface area (TPSA) is 66.8 Å². The van der Waals surface area contributed by atoms with Crippen molar-refractivity contribution in [2.75, 3.05) is 13.2 Å². The maximum atomic E-state index is 13.1. The summed E-state index contributed by atoms with van der Waals surface area (Å²) in [5, 5.41) is 18.6. The van der Waals surface area contributed by atoms with E-state index < -0.39 is 6.10 Å². The minimum Gasteiger partial charge on any atom is -0.490 e. The number of aryl methyl sites for hydroxylation is 4. The van der Waals surface area contributed by atoms with Gasteiger partial charge in [-0.3, -0.25) is 4.79 Å². The summed E-state index contributed by atoms with van der Waals surface area (Å²) >= 11 is 1.70. The van der Waals surface area contributed by atoms with Crippen LogP contribution in [-0.4, -0.2) is 35.3 Å². The van der Waals surface area contributed by atoms with Crippen molar-refractivity contribution in [3.63, 3.8) is 0 Å². The zero-order valence-corrected chi connectivity index (χ0v) is 20.1. The zero-order chi connectivity index (χ0) is 22.5. The standard InChI is InChI=1S/C26H34O4S/c1-6-17-10-16(9-14(2)24(17)30-13-18(28)12-27)7-8-21(29)25-19-11-20-23(26(20,4)5)22(19)15(3)31-25/h9-10,18,20,23,27-28H,6-8,11-13H2,1-5H3/t18-,20+,23+/m0/s1. The predicted molar refractivity (Wildman–Crippen MR) is 125 cm³/mol. The number of aliphatic hydroxyl groups is 2. The van der Waals surface area contributed by atoms with Gasteiger partial charge in [-0.1, -0.05) is 32.9 Å². The third kappa shape index (κ3) is 3.96. The molecule has 0 amide bonds. The number of fused-ring (bicyclic) bond motifs is 3. The van der Waals surface area contributed by atoms with E-state index in [-0.39, 0.29) is 19.0 Å². The lowest BCUT2D eigenvalue weighted by Gasteiger charge is -2.17. The van der Waals surface area contributed by atoms with Crippen LogP contribution in [0.3, 0.4) is 0 Å². The SMILES string of the molecule is CCc1cc(CCC(=O)c2sc(C)c3c2C[C@@H]2[C@H]3C2(C)C)cc(C)c1OC[C@@H](O)CO. The molecule has 0 unspecified atom stereocenters. The van der Waals surface area contributed by atoms with Crippen LogP contribution in [0, 0.1) is 25.2 Å². The molecule has 2 aliphatic carbocycles. The van der Waals surface area contributed by atoms with Crippen molar-refractivity contribution in [2.24, 2.45) is 11.3 Å². The van der Waals surface area contributed by atoms with Crippen molar-refractivity contribution in [1.82, 2.24) is 0 Å². The Balaban J connectivity index is 1.45. The molecule has 2 aliphatic rings. The highest BCUT2D eigenvalue weighted by molar-refractivity contribution is 7.14. The van der Waals surface area contributed by atoms with E-state index in [1.165, 1.54) is 16.0 Å². The van der Waals surface area contributed by atoms with E-state index in [2.05, 4.69) is 39.8 Å². The van der Waals surface area contributed by atoms with E-state index in [0.29, 0.717) is 17.8 Å². The molecule has 4 nitrogen and oxygen atoms in total. The lowest BCUT2D eigenvalue weighted by molar-refractivity contribution is 0.0531. The summed E-state index contributed by atoms with van der Waals surface area (Å²) in [6, 6.07) is 4.19. The van der Waals surface area contributed by atoms with Gasteiger partial charge in [0, 0.05) is 11.3 Å². The van der Waals surface area contributed by atoms with Crippen LogP contribution in [0.15, 0.2) is 12.1 Å². The fraction of sp³-hybridized carbons (Fsp3) is 0.577. The van der Waals surface area contributed by atoms with Gasteiger partial charge < -0.3 is 14.9 Å². The summed E-state index contributed by atoms with van der Waals surface area (Å²) in [7, 11) is 0. The van der Waals surface area contributed by atoms with Crippen LogP contribution in [0.25, 0.3) is 0 Å². The van der Waals surface area contributed by atoms with Gasteiger partial charge in [0.25, 0.3) is 0 Å². The van der Waals surface area contributed by atoms with Gasteiger partial charge >= 0.3 is 0 Å². The van der Waals surface area contributed by atoms with Gasteiger partial charge in [-0.05, 0) is 78.2 Å². The molecule has 2 aromatic rings. The molecule has 1 fully saturated rings. The number of hydrogen-bond acceptors (Lipinski definition) is 5. The molecule has 1 saturated carbocycles. The summed E-state index contributed by atoms with van der Waals surface area (Å²) in [6.45, 7) is 10.7. The molecular formula is C26H34O4S. The Morgan fingerprint density at radius 1 is 1.32 bits per heavy atom. The minimum absolute atomic E-state index is 0.0732. The molecular weight excluding hydrogens is 408 g/mol. The number of aliphatic hydroxyl groups excluding tert-OH is 2. The number of thiophene rings is 1. The normalized spacial score (nSPS) is 21.5. The molecule has 0 radical (unpaired) electrons. The highest BCUT2D eigenvalue weighted by Crippen LogP contribution is 2.71. The highest BCUT2D eigenvalue weighted by atomic mass is 32.1. The summed E-state index contributed by atoms with van der Waals surface area (Å²) in [4.78, 5) is 15.5. The van der Waals surface area contributed by atoms with Crippen LogP contribution in [-0.2, 0) is 19.3 Å². The quantitative estimate of drug-likeness (QED) is 0.549. The van der Waals surface area contributed by atoms with Gasteiger partial charge in [0.15, 0.2) is 5.78 Å². The molecule has 31 heavy (non-hydrogen) atoms. The van der Waals surface area contributed by atoms with E-state index in [1.807, 2.05) is 6.92 Å². The van der Waals surface area contributed by atoms with E-state index >= 15 is 0 Å². The van der Waals surface area contributed by atoms with E-state index in [1.54, 1.807) is 11.3 Å². The van der Waals surface area contributed by atoms with Crippen LogP contribution >= 0.6 is 11.3 Å². The van der Waals surface area contributed by atoms with Gasteiger partial charge in [-0.25, -0.2) is 0 Å². The number of rotatable bonds is 9. The number of ketones is 1. The Hall–Kier alpha value is -1.69. The summed E-state index contributed by atoms with van der Waals surface area (Å²) in [5.74, 6) is 2.43. The Kier molecular flexibility index (Phi) is 6.06. The van der Waals surface area contributed by atoms with Crippen molar-refractivity contribution in [2.45, 2.75) is 72.3 Å². The second-order valence-electron chi connectivity index (χ2n) is 9.81. The zero-order valence-electron chi connectivity index (χ0n) is 19.2. The van der Waals surface area contributed by atoms with Crippen molar-refractivity contribution in [3.05, 3.63) is 49.7 Å². The van der Waals surface area contributed by atoms with Gasteiger partial charge in [0.05, 0.1) is 11.5 Å². The third-order valence-electron chi connectivity index (χ3n) is 7.34. The molecule has 0 aliphatic heterocycles. The second kappa shape index (κ2) is 8.34. The lowest BCUT2D eigenvalue weighted by Crippen LogP contribution is -2.22. The molecule has 5 heteroatoms. The molecule has 0 saturated heterocycles. The first kappa shape index (κ1) is 22.5. The van der Waals surface area contributed by atoms with E-state index in [4.69, 9.17) is 9.84 Å². The van der Waals surface area contributed by atoms with Gasteiger partial charge in [-0.2, -0.15) is 0 Å². The smallest absolute Gasteiger partial charge is 0.173 e. The first-order valence-electron chi connectivity index (χ1n) is 11.4. The summed E-state index contributed by atoms with van der Waals surface area (Å²) < 4.78 is 5.77. The Labute approximate surface area is 189 Å². The maximum absolute atomic E-state index is 13.1. The largest absolute Gasteiger partial charge is 0.490 e. The van der Waals surface area contributed by atoms with E-state index in [0.717, 1.165) is 52.5 Å². The highest BCUT2D eigenvalue weighted by Gasteiger charge is 2.63. The summed E-state index contributed by atoms with van der Waals surface area (Å²) in [5.41, 5.74) is 6.46. The number of Topliss-reactive ketones (excluding diaryl/α,β-unsaturated/α-hetero) is 1. The molecule has 2 N–H and O–H groups in total. The number of benzene rings is 1. The van der Waals surface area contributed by atoms with Crippen LogP contribution in [0.5, 0.6) is 5.75 Å². The summed E-state index contributed by atoms with van der Waals surface area (Å²) in [6.07, 6.45) is 2.24. The van der Waals surface area contributed by atoms with Crippen molar-refractivity contribution < 1.29 is 19.7 Å². The number of ether oxygens (including phenoxy) is 1. The van der Waals surface area contributed by atoms with Gasteiger partial charge in [0.1, 0.15) is 18.5 Å². The first-order valence-corrected chi connectivity index (χ1v) is 12.2. The fourth-order valence-electron chi connectivity index (χ4n) is 5.50. The number of hydrogen-bond donors (Lipinski definition) is 2. The van der Waals surface area contributed by atoms with Crippen molar-refractivity contribution >= 4 is 17.1 Å². The van der Waals surface area contributed by atoms with Crippen molar-refractivity contribution in [1.29, 1.82) is 0 Å². The molecule has 4 rings (SSSR count). The van der Waals surface area contributed by atoms with Gasteiger partial charge in [-0.15, -0.1) is 11.3 Å². The fourth-order valence-corrected chi connectivity index (χ4v) is 6.70. The Morgan fingerprint density at radius 2 is 2.06 bits per heavy atom. The predicted octanol–water partition coefficient (Wildman–Crippen LogP) is 4.77. The van der Waals surface area contributed by atoms with Crippen LogP contribution < -0.4 is 4.74 Å². The van der Waals surface area contributed by atoms with Gasteiger partial charge in [0.2, 0.25) is 0 Å². The molecule has 0 spiro atoms. The Bertz CT molecular complexity index is 1000. The third-order valence-corrected chi connectivity index (χ3v) is 8.54. The molecule has 168 valence electrons. The number of carbonyl (C=O) groups is 1. The molecule has 1 heterocycles. The molecule has 1 aromatic heterocycles. The maximum Gasteiger partial charge on any atom is 0.173 e. The Morgan fingerprint density at radius 3 is 2.74 bits per heavy atom. The number of carbonyl (C=O) groups excluding carboxylic acids is 1. The monoisotopic (exact) mass is 442 g/mol. The molecule has 1 aromatic carbocycles. The first-order chi connectivity index (χ1) is 14.7. The lowest BCUT2D eigenvalue weighted by atomic mass is 9.93. The van der Waals surface area contributed by atoms with Crippen LogP contribution in [0.2, 0.25) is 0 Å². The molecule has 0 bridgehead atoms. The van der Waals surface area contributed by atoms with E-state index in [9.17, 15) is 9.90 Å².